The van der Waals surface area contributed by atoms with E-state index in [0.717, 1.165) is 13.1 Å². The van der Waals surface area contributed by atoms with Crippen LogP contribution in [0.25, 0.3) is 0 Å². The minimum atomic E-state index is 0.312. The minimum absolute atomic E-state index is 0.312. The highest BCUT2D eigenvalue weighted by Gasteiger charge is 2.02. The van der Waals surface area contributed by atoms with Gasteiger partial charge < -0.3 is 10.6 Å². The van der Waals surface area contributed by atoms with Crippen molar-refractivity contribution in [2.45, 2.75) is 84.5 Å². The lowest BCUT2D eigenvalue weighted by Crippen LogP contribution is -2.28. The Balaban J connectivity index is 3.26. The largest absolute Gasteiger partial charge is 0.388 e. The SMILES string of the molecule is CCCCCCCCCCCCN(CC)CCC(=N)N. The molecule has 0 unspecified atom stereocenters. The summed E-state index contributed by atoms with van der Waals surface area (Å²) in [6, 6.07) is 0. The summed E-state index contributed by atoms with van der Waals surface area (Å²) in [5.74, 6) is 0.312. The van der Waals surface area contributed by atoms with Crippen LogP contribution in [0.15, 0.2) is 0 Å². The number of hydrogen-bond acceptors (Lipinski definition) is 2. The predicted molar refractivity (Wildman–Crippen MR) is 90.5 cm³/mol. The number of nitrogens with one attached hydrogen (secondary N) is 1. The normalized spacial score (nSPS) is 11.2. The number of amidine groups is 1. The molecule has 3 heteroatoms. The van der Waals surface area contributed by atoms with Gasteiger partial charge in [0.2, 0.25) is 0 Å². The molecule has 0 atom stereocenters. The summed E-state index contributed by atoms with van der Waals surface area (Å²) in [5, 5.41) is 7.26. The first-order valence-electron chi connectivity index (χ1n) is 8.76. The van der Waals surface area contributed by atoms with E-state index >= 15 is 0 Å². The van der Waals surface area contributed by atoms with Crippen LogP contribution in [-0.4, -0.2) is 30.4 Å². The van der Waals surface area contributed by atoms with Gasteiger partial charge in [0.05, 0.1) is 5.84 Å². The van der Waals surface area contributed by atoms with E-state index in [-0.39, 0.29) is 0 Å². The Morgan fingerprint density at radius 1 is 0.800 bits per heavy atom. The van der Waals surface area contributed by atoms with E-state index in [2.05, 4.69) is 18.7 Å². The minimum Gasteiger partial charge on any atom is -0.388 e. The van der Waals surface area contributed by atoms with Crippen LogP contribution < -0.4 is 5.73 Å². The van der Waals surface area contributed by atoms with Crippen molar-refractivity contribution < 1.29 is 0 Å². The lowest BCUT2D eigenvalue weighted by molar-refractivity contribution is 0.288. The van der Waals surface area contributed by atoms with Gasteiger partial charge in [-0.05, 0) is 19.5 Å². The smallest absolute Gasteiger partial charge is 0.0918 e. The lowest BCUT2D eigenvalue weighted by atomic mass is 10.1. The van der Waals surface area contributed by atoms with Gasteiger partial charge in [0, 0.05) is 13.0 Å². The highest BCUT2D eigenvalue weighted by atomic mass is 15.1. The Morgan fingerprint density at radius 2 is 1.30 bits per heavy atom. The van der Waals surface area contributed by atoms with Crippen LogP contribution in [0.2, 0.25) is 0 Å². The molecule has 0 aromatic rings. The van der Waals surface area contributed by atoms with Gasteiger partial charge in [-0.3, -0.25) is 5.41 Å². The van der Waals surface area contributed by atoms with Gasteiger partial charge in [-0.1, -0.05) is 71.6 Å². The Morgan fingerprint density at radius 3 is 1.75 bits per heavy atom. The van der Waals surface area contributed by atoms with Crippen molar-refractivity contribution in [2.24, 2.45) is 5.73 Å². The summed E-state index contributed by atoms with van der Waals surface area (Å²) in [6.45, 7) is 7.65. The summed E-state index contributed by atoms with van der Waals surface area (Å²) in [6.07, 6.45) is 14.6. The van der Waals surface area contributed by atoms with Crippen molar-refractivity contribution in [2.75, 3.05) is 19.6 Å². The van der Waals surface area contributed by atoms with Crippen LogP contribution >= 0.6 is 0 Å². The van der Waals surface area contributed by atoms with E-state index in [1.54, 1.807) is 0 Å². The first-order chi connectivity index (χ1) is 9.70. The Labute approximate surface area is 126 Å². The van der Waals surface area contributed by atoms with Gasteiger partial charge in [-0.2, -0.15) is 0 Å². The predicted octanol–water partition coefficient (Wildman–Crippen LogP) is 4.56. The second-order valence-corrected chi connectivity index (χ2v) is 5.89. The Bertz CT molecular complexity index is 216. The van der Waals surface area contributed by atoms with Crippen molar-refractivity contribution in [3.05, 3.63) is 0 Å². The number of rotatable bonds is 15. The molecule has 3 N–H and O–H groups in total. The maximum atomic E-state index is 7.26. The topological polar surface area (TPSA) is 53.1 Å². The highest BCUT2D eigenvalue weighted by molar-refractivity contribution is 5.76. The van der Waals surface area contributed by atoms with Crippen LogP contribution in [-0.2, 0) is 0 Å². The van der Waals surface area contributed by atoms with Crippen LogP contribution in [0.5, 0.6) is 0 Å². The molecule has 0 amide bonds. The number of nitrogens with zero attached hydrogens (tertiary/aromatic N) is 1. The Hall–Kier alpha value is -0.570. The molecule has 0 spiro atoms. The molecule has 0 aliphatic heterocycles. The molecule has 0 aliphatic carbocycles. The molecule has 0 saturated carbocycles. The molecule has 0 bridgehead atoms. The van der Waals surface area contributed by atoms with Gasteiger partial charge in [0.1, 0.15) is 0 Å². The lowest BCUT2D eigenvalue weighted by Gasteiger charge is -2.19. The molecule has 0 saturated heterocycles. The second-order valence-electron chi connectivity index (χ2n) is 5.89. The van der Waals surface area contributed by atoms with E-state index in [9.17, 15) is 0 Å². The van der Waals surface area contributed by atoms with Gasteiger partial charge >= 0.3 is 0 Å². The van der Waals surface area contributed by atoms with Crippen molar-refractivity contribution >= 4 is 5.84 Å². The van der Waals surface area contributed by atoms with Crippen molar-refractivity contribution in [1.29, 1.82) is 5.41 Å². The van der Waals surface area contributed by atoms with E-state index in [1.807, 2.05) is 0 Å². The first kappa shape index (κ1) is 19.4. The van der Waals surface area contributed by atoms with Crippen LogP contribution in [0, 0.1) is 5.41 Å². The van der Waals surface area contributed by atoms with Crippen LogP contribution in [0.4, 0.5) is 0 Å². The zero-order chi connectivity index (χ0) is 15.1. The molecule has 0 radical (unpaired) electrons. The molecule has 3 nitrogen and oxygen atoms in total. The monoisotopic (exact) mass is 283 g/mol. The molecule has 120 valence electrons. The van der Waals surface area contributed by atoms with Crippen LogP contribution in [0.1, 0.15) is 84.5 Å². The van der Waals surface area contributed by atoms with E-state index in [0.29, 0.717) is 12.3 Å². The summed E-state index contributed by atoms with van der Waals surface area (Å²) >= 11 is 0. The zero-order valence-corrected chi connectivity index (χ0v) is 13.9. The highest BCUT2D eigenvalue weighted by Crippen LogP contribution is 2.10. The fraction of sp³-hybridized carbons (Fsp3) is 0.941. The maximum absolute atomic E-state index is 7.26. The van der Waals surface area contributed by atoms with Gasteiger partial charge in [-0.25, -0.2) is 0 Å². The zero-order valence-electron chi connectivity index (χ0n) is 13.9. The summed E-state index contributed by atoms with van der Waals surface area (Å²) in [4.78, 5) is 2.41. The molecule has 0 rings (SSSR count). The second kappa shape index (κ2) is 14.8. The van der Waals surface area contributed by atoms with Gasteiger partial charge in [0.25, 0.3) is 0 Å². The summed E-state index contributed by atoms with van der Waals surface area (Å²) in [5.41, 5.74) is 5.41. The van der Waals surface area contributed by atoms with Crippen molar-refractivity contribution in [3.63, 3.8) is 0 Å². The molecular formula is C17H37N3. The third-order valence-electron chi connectivity index (χ3n) is 3.97. The molecule has 0 aliphatic rings. The van der Waals surface area contributed by atoms with E-state index < -0.39 is 0 Å². The quantitative estimate of drug-likeness (QED) is 0.263. The summed E-state index contributed by atoms with van der Waals surface area (Å²) < 4.78 is 0. The standard InChI is InChI=1S/C17H37N3/c1-3-5-6-7-8-9-10-11-12-13-15-20(4-2)16-14-17(18)19/h3-16H2,1-2H3,(H3,18,19). The maximum Gasteiger partial charge on any atom is 0.0918 e. The fourth-order valence-corrected chi connectivity index (χ4v) is 2.53. The molecule has 0 aromatic carbocycles. The number of unbranched alkanes of at least 4 members (excludes halogenated alkanes) is 9. The van der Waals surface area contributed by atoms with Crippen molar-refractivity contribution in [3.8, 4) is 0 Å². The number of hydrogen-bond donors (Lipinski definition) is 2. The molecule has 0 fully saturated rings. The summed E-state index contributed by atoms with van der Waals surface area (Å²) in [7, 11) is 0. The molecular weight excluding hydrogens is 246 g/mol. The van der Waals surface area contributed by atoms with Gasteiger partial charge in [-0.15, -0.1) is 0 Å². The third-order valence-corrected chi connectivity index (χ3v) is 3.97. The molecule has 0 heterocycles. The fourth-order valence-electron chi connectivity index (χ4n) is 2.53. The van der Waals surface area contributed by atoms with Crippen LogP contribution in [0.3, 0.4) is 0 Å². The van der Waals surface area contributed by atoms with Gasteiger partial charge in [0.15, 0.2) is 0 Å². The molecule has 0 aromatic heterocycles. The van der Waals surface area contributed by atoms with E-state index in [4.69, 9.17) is 11.1 Å². The number of nitrogens with two attached hydrogens (primary N) is 1. The average molecular weight is 284 g/mol. The van der Waals surface area contributed by atoms with E-state index in [1.165, 1.54) is 70.8 Å². The molecule has 20 heavy (non-hydrogen) atoms. The average Bonchev–Trinajstić information content (AvgIpc) is 2.44. The van der Waals surface area contributed by atoms with Crippen molar-refractivity contribution in [1.82, 2.24) is 4.90 Å². The first-order valence-corrected chi connectivity index (χ1v) is 8.76. The Kier molecular flexibility index (Phi) is 14.4. The third kappa shape index (κ3) is 13.9.